The molecule has 2 aliphatic carbocycles. The van der Waals surface area contributed by atoms with Crippen molar-refractivity contribution in [2.24, 2.45) is 24.6 Å². The van der Waals surface area contributed by atoms with Gasteiger partial charge in [0.25, 0.3) is 0 Å². The van der Waals surface area contributed by atoms with E-state index in [4.69, 9.17) is 5.73 Å². The van der Waals surface area contributed by atoms with Gasteiger partial charge in [-0.25, -0.2) is 0 Å². The highest BCUT2D eigenvalue weighted by Gasteiger charge is 2.42. The lowest BCUT2D eigenvalue weighted by molar-refractivity contribution is 0.0980. The molecule has 5 nitrogen and oxygen atoms in total. The second-order valence-electron chi connectivity index (χ2n) is 6.86. The van der Waals surface area contributed by atoms with Crippen molar-refractivity contribution < 1.29 is 0 Å². The molecule has 0 amide bonds. The number of aromatic nitrogens is 4. The van der Waals surface area contributed by atoms with Crippen molar-refractivity contribution in [1.29, 1.82) is 0 Å². The van der Waals surface area contributed by atoms with Crippen molar-refractivity contribution in [1.82, 2.24) is 20.2 Å². The number of hydrogen-bond acceptors (Lipinski definition) is 4. The molecule has 0 aromatic carbocycles. The van der Waals surface area contributed by atoms with Crippen LogP contribution < -0.4 is 5.73 Å². The average Bonchev–Trinajstić information content (AvgIpc) is 2.85. The van der Waals surface area contributed by atoms with Crippen molar-refractivity contribution in [2.75, 3.05) is 0 Å². The van der Waals surface area contributed by atoms with Gasteiger partial charge in [0, 0.05) is 12.0 Å². The van der Waals surface area contributed by atoms with Crippen LogP contribution in [0, 0.1) is 11.8 Å². The maximum Gasteiger partial charge on any atom is 0.176 e. The van der Waals surface area contributed by atoms with Crippen LogP contribution in [0.1, 0.15) is 63.6 Å². The number of tetrazole rings is 1. The number of aryl methyl sites for hydroxylation is 1. The first-order valence-corrected chi connectivity index (χ1v) is 8.19. The van der Waals surface area contributed by atoms with E-state index < -0.39 is 0 Å². The molecule has 5 heteroatoms. The molecule has 2 saturated carbocycles. The maximum absolute atomic E-state index is 6.86. The summed E-state index contributed by atoms with van der Waals surface area (Å²) in [6.07, 6.45) is 12.7. The van der Waals surface area contributed by atoms with Crippen LogP contribution in [0.2, 0.25) is 0 Å². The predicted molar refractivity (Wildman–Crippen MR) is 78.0 cm³/mol. The van der Waals surface area contributed by atoms with Crippen LogP contribution in [0.5, 0.6) is 0 Å². The van der Waals surface area contributed by atoms with E-state index in [0.29, 0.717) is 5.92 Å². The van der Waals surface area contributed by atoms with Crippen molar-refractivity contribution in [3.8, 4) is 0 Å². The highest BCUT2D eigenvalue weighted by Crippen LogP contribution is 2.43. The summed E-state index contributed by atoms with van der Waals surface area (Å²) in [6, 6.07) is 0. The fourth-order valence-corrected chi connectivity index (χ4v) is 4.44. The quantitative estimate of drug-likeness (QED) is 0.919. The first-order chi connectivity index (χ1) is 9.67. The maximum atomic E-state index is 6.86. The Labute approximate surface area is 121 Å². The Hall–Kier alpha value is -0.970. The van der Waals surface area contributed by atoms with Crippen molar-refractivity contribution in [3.05, 3.63) is 5.82 Å². The Morgan fingerprint density at radius 3 is 2.60 bits per heavy atom. The minimum atomic E-state index is -0.108. The smallest absolute Gasteiger partial charge is 0.176 e. The van der Waals surface area contributed by atoms with Gasteiger partial charge >= 0.3 is 0 Å². The first kappa shape index (κ1) is 14.0. The van der Waals surface area contributed by atoms with Gasteiger partial charge < -0.3 is 5.73 Å². The molecule has 0 radical (unpaired) electrons. The van der Waals surface area contributed by atoms with Crippen molar-refractivity contribution in [2.45, 2.75) is 69.7 Å². The molecule has 0 aliphatic heterocycles. The summed E-state index contributed by atoms with van der Waals surface area (Å²) in [5, 5.41) is 12.5. The number of hydrogen-bond donors (Lipinski definition) is 1. The van der Waals surface area contributed by atoms with Gasteiger partial charge in [0.2, 0.25) is 0 Å². The summed E-state index contributed by atoms with van der Waals surface area (Å²) >= 11 is 0. The van der Waals surface area contributed by atoms with E-state index in [-0.39, 0.29) is 5.54 Å². The molecule has 1 aromatic heterocycles. The zero-order chi connectivity index (χ0) is 14.0. The molecular weight excluding hydrogens is 250 g/mol. The summed E-state index contributed by atoms with van der Waals surface area (Å²) in [7, 11) is 1.82. The predicted octanol–water partition coefficient (Wildman–Crippen LogP) is 2.22. The highest BCUT2D eigenvalue weighted by molar-refractivity contribution is 5.03. The Bertz CT molecular complexity index is 437. The monoisotopic (exact) mass is 277 g/mol. The molecule has 1 aromatic rings. The Morgan fingerprint density at radius 2 is 1.90 bits per heavy atom. The molecular formula is C15H27N5. The third-order valence-electron chi connectivity index (χ3n) is 5.40. The SMILES string of the molecule is Cn1nnc(CC2(N)CCCCC2C2CCCCC2)n1. The van der Waals surface area contributed by atoms with Crippen LogP contribution in [0.4, 0.5) is 0 Å². The van der Waals surface area contributed by atoms with E-state index in [1.807, 2.05) is 7.05 Å². The zero-order valence-electron chi connectivity index (χ0n) is 12.6. The van der Waals surface area contributed by atoms with Gasteiger partial charge in [0.1, 0.15) is 0 Å². The van der Waals surface area contributed by atoms with Gasteiger partial charge in [-0.3, -0.25) is 0 Å². The highest BCUT2D eigenvalue weighted by atomic mass is 15.6. The summed E-state index contributed by atoms with van der Waals surface area (Å²) in [4.78, 5) is 1.54. The molecule has 20 heavy (non-hydrogen) atoms. The van der Waals surface area contributed by atoms with Crippen LogP contribution in [-0.2, 0) is 13.5 Å². The fraction of sp³-hybridized carbons (Fsp3) is 0.933. The van der Waals surface area contributed by atoms with Crippen LogP contribution in [0.25, 0.3) is 0 Å². The Balaban J connectivity index is 1.75. The molecule has 1 heterocycles. The minimum Gasteiger partial charge on any atom is -0.324 e. The summed E-state index contributed by atoms with van der Waals surface area (Å²) in [5.74, 6) is 2.30. The van der Waals surface area contributed by atoms with E-state index in [1.54, 1.807) is 0 Å². The Morgan fingerprint density at radius 1 is 1.15 bits per heavy atom. The van der Waals surface area contributed by atoms with Gasteiger partial charge in [-0.2, -0.15) is 4.80 Å². The van der Waals surface area contributed by atoms with Crippen molar-refractivity contribution >= 4 is 0 Å². The molecule has 2 unspecified atom stereocenters. The fourth-order valence-electron chi connectivity index (χ4n) is 4.44. The topological polar surface area (TPSA) is 69.6 Å². The molecule has 2 N–H and O–H groups in total. The van der Waals surface area contributed by atoms with Crippen molar-refractivity contribution in [3.63, 3.8) is 0 Å². The summed E-state index contributed by atoms with van der Waals surface area (Å²) in [6.45, 7) is 0. The number of rotatable bonds is 3. The zero-order valence-corrected chi connectivity index (χ0v) is 12.6. The second-order valence-corrected chi connectivity index (χ2v) is 6.86. The molecule has 0 spiro atoms. The van der Waals surface area contributed by atoms with E-state index in [9.17, 15) is 0 Å². The van der Waals surface area contributed by atoms with Gasteiger partial charge in [0.05, 0.1) is 7.05 Å². The third-order valence-corrected chi connectivity index (χ3v) is 5.40. The summed E-state index contributed by atoms with van der Waals surface area (Å²) in [5.41, 5.74) is 6.75. The van der Waals surface area contributed by atoms with E-state index in [2.05, 4.69) is 15.4 Å². The first-order valence-electron chi connectivity index (χ1n) is 8.19. The van der Waals surface area contributed by atoms with E-state index >= 15 is 0 Å². The van der Waals surface area contributed by atoms with Gasteiger partial charge in [-0.05, 0) is 29.9 Å². The molecule has 2 aliphatic rings. The average molecular weight is 277 g/mol. The van der Waals surface area contributed by atoms with E-state index in [1.165, 1.54) is 56.2 Å². The van der Waals surface area contributed by atoms with Crippen LogP contribution in [0.15, 0.2) is 0 Å². The van der Waals surface area contributed by atoms with Gasteiger partial charge in [-0.1, -0.05) is 44.9 Å². The lowest BCUT2D eigenvalue weighted by Crippen LogP contribution is -2.54. The third kappa shape index (κ3) is 2.87. The lowest BCUT2D eigenvalue weighted by atomic mass is 9.63. The van der Waals surface area contributed by atoms with Gasteiger partial charge in [-0.15, -0.1) is 10.2 Å². The van der Waals surface area contributed by atoms with Crippen LogP contribution in [0.3, 0.4) is 0 Å². The second kappa shape index (κ2) is 5.80. The van der Waals surface area contributed by atoms with Crippen LogP contribution >= 0.6 is 0 Å². The van der Waals surface area contributed by atoms with E-state index in [0.717, 1.165) is 24.6 Å². The standard InChI is InChI=1S/C15H27N5/c1-20-18-14(17-19-20)11-15(16)10-6-5-9-13(15)12-7-3-2-4-8-12/h12-13H,2-11,16H2,1H3. The molecule has 0 bridgehead atoms. The largest absolute Gasteiger partial charge is 0.324 e. The molecule has 112 valence electrons. The van der Waals surface area contributed by atoms with Crippen LogP contribution in [-0.4, -0.2) is 25.7 Å². The normalized spacial score (nSPS) is 32.4. The lowest BCUT2D eigenvalue weighted by Gasteiger charge is -2.46. The van der Waals surface area contributed by atoms with Gasteiger partial charge in [0.15, 0.2) is 5.82 Å². The molecule has 2 fully saturated rings. The number of nitrogens with two attached hydrogens (primary N) is 1. The Kier molecular flexibility index (Phi) is 4.06. The molecule has 3 rings (SSSR count). The molecule has 0 saturated heterocycles. The minimum absolute atomic E-state index is 0.108. The number of nitrogens with zero attached hydrogens (tertiary/aromatic N) is 4. The molecule has 2 atom stereocenters. The summed E-state index contributed by atoms with van der Waals surface area (Å²) < 4.78 is 0.